The maximum atomic E-state index is 11.9. The van der Waals surface area contributed by atoms with E-state index in [1.54, 1.807) is 24.3 Å². The van der Waals surface area contributed by atoms with Gasteiger partial charge in [0.25, 0.3) is 0 Å². The van der Waals surface area contributed by atoms with Gasteiger partial charge in [-0.1, -0.05) is 18.2 Å². The van der Waals surface area contributed by atoms with E-state index in [1.165, 1.54) is 0 Å². The Morgan fingerprint density at radius 2 is 2.00 bits per heavy atom. The van der Waals surface area contributed by atoms with E-state index >= 15 is 0 Å². The summed E-state index contributed by atoms with van der Waals surface area (Å²) in [6.07, 6.45) is 2.19. The van der Waals surface area contributed by atoms with Crippen LogP contribution in [-0.2, 0) is 20.6 Å². The van der Waals surface area contributed by atoms with Crippen molar-refractivity contribution in [2.75, 3.05) is 12.3 Å². The van der Waals surface area contributed by atoms with Crippen LogP contribution in [0.5, 0.6) is 0 Å². The number of nitrogens with two attached hydrogens (primary N) is 1. The van der Waals surface area contributed by atoms with Crippen LogP contribution in [0.4, 0.5) is 5.69 Å². The zero-order valence-corrected chi connectivity index (χ0v) is 11.9. The molecule has 1 saturated carbocycles. The van der Waals surface area contributed by atoms with Crippen LogP contribution in [-0.4, -0.2) is 26.9 Å². The molecule has 0 spiro atoms. The molecule has 2 rings (SSSR count). The summed E-state index contributed by atoms with van der Waals surface area (Å²) in [5, 5.41) is 2.81. The van der Waals surface area contributed by atoms with Crippen molar-refractivity contribution >= 4 is 21.6 Å². The maximum Gasteiger partial charge on any atom is 0.221 e. The Morgan fingerprint density at radius 1 is 1.30 bits per heavy atom. The molecule has 0 heterocycles. The van der Waals surface area contributed by atoms with Crippen molar-refractivity contribution in [3.63, 3.8) is 0 Å². The standard InChI is InChI=1S/C13H19N3O3S/c14-12-4-2-1-3-10(12)9-20(18,19)15-8-7-13(17)16-11-5-6-11/h1-4,11,15H,5-9,14H2,(H,16,17). The molecular formula is C13H19N3O3S. The first kappa shape index (κ1) is 14.8. The van der Waals surface area contributed by atoms with Gasteiger partial charge in [0.15, 0.2) is 0 Å². The minimum Gasteiger partial charge on any atom is -0.398 e. The van der Waals surface area contributed by atoms with E-state index in [1.807, 2.05) is 0 Å². The third-order valence-corrected chi connectivity index (χ3v) is 4.35. The summed E-state index contributed by atoms with van der Waals surface area (Å²) < 4.78 is 26.2. The number of para-hydroxylation sites is 1. The van der Waals surface area contributed by atoms with Crippen LogP contribution in [0.3, 0.4) is 0 Å². The van der Waals surface area contributed by atoms with Crippen molar-refractivity contribution in [3.05, 3.63) is 29.8 Å². The first-order valence-corrected chi connectivity index (χ1v) is 8.21. The monoisotopic (exact) mass is 297 g/mol. The SMILES string of the molecule is Nc1ccccc1CS(=O)(=O)NCCC(=O)NC1CC1. The molecule has 0 bridgehead atoms. The summed E-state index contributed by atoms with van der Waals surface area (Å²) >= 11 is 0. The van der Waals surface area contributed by atoms with Gasteiger partial charge < -0.3 is 11.1 Å². The van der Waals surface area contributed by atoms with Crippen LogP contribution in [0, 0.1) is 0 Å². The highest BCUT2D eigenvalue weighted by Crippen LogP contribution is 2.18. The van der Waals surface area contributed by atoms with Crippen LogP contribution in [0.15, 0.2) is 24.3 Å². The predicted molar refractivity (Wildman–Crippen MR) is 77.3 cm³/mol. The highest BCUT2D eigenvalue weighted by Gasteiger charge is 2.23. The Morgan fingerprint density at radius 3 is 2.65 bits per heavy atom. The molecule has 1 aromatic rings. The van der Waals surface area contributed by atoms with E-state index in [0.717, 1.165) is 12.8 Å². The van der Waals surface area contributed by atoms with Gasteiger partial charge in [-0.15, -0.1) is 0 Å². The second kappa shape index (κ2) is 6.23. The quantitative estimate of drug-likeness (QED) is 0.632. The fourth-order valence-electron chi connectivity index (χ4n) is 1.77. The summed E-state index contributed by atoms with van der Waals surface area (Å²) in [7, 11) is -3.48. The summed E-state index contributed by atoms with van der Waals surface area (Å²) in [5.41, 5.74) is 6.72. The average molecular weight is 297 g/mol. The molecule has 1 aliphatic carbocycles. The molecule has 1 aliphatic rings. The number of sulfonamides is 1. The number of carbonyl (C=O) groups excluding carboxylic acids is 1. The number of hydrogen-bond acceptors (Lipinski definition) is 4. The maximum absolute atomic E-state index is 11.9. The van der Waals surface area contributed by atoms with Gasteiger partial charge in [0, 0.05) is 24.7 Å². The van der Waals surface area contributed by atoms with E-state index in [-0.39, 0.29) is 24.6 Å². The minimum absolute atomic E-state index is 0.105. The van der Waals surface area contributed by atoms with Crippen LogP contribution < -0.4 is 15.8 Å². The van der Waals surface area contributed by atoms with Gasteiger partial charge in [-0.05, 0) is 24.5 Å². The number of carbonyl (C=O) groups is 1. The number of benzene rings is 1. The Labute approximate surface area is 118 Å². The summed E-state index contributed by atoms with van der Waals surface area (Å²) in [6.45, 7) is 0.105. The third-order valence-electron chi connectivity index (χ3n) is 3.02. The van der Waals surface area contributed by atoms with Gasteiger partial charge in [-0.2, -0.15) is 0 Å². The smallest absolute Gasteiger partial charge is 0.221 e. The van der Waals surface area contributed by atoms with Crippen molar-refractivity contribution in [3.8, 4) is 0 Å². The van der Waals surface area contributed by atoms with Gasteiger partial charge in [0.1, 0.15) is 0 Å². The molecule has 1 amide bonds. The molecule has 0 unspecified atom stereocenters. The van der Waals surface area contributed by atoms with Gasteiger partial charge >= 0.3 is 0 Å². The second-order valence-electron chi connectivity index (χ2n) is 4.94. The summed E-state index contributed by atoms with van der Waals surface area (Å²) in [4.78, 5) is 11.4. The lowest BCUT2D eigenvalue weighted by atomic mass is 10.2. The molecule has 0 saturated heterocycles. The molecule has 0 atom stereocenters. The van der Waals surface area contributed by atoms with Crippen LogP contribution in [0.2, 0.25) is 0 Å². The molecule has 20 heavy (non-hydrogen) atoms. The molecule has 1 fully saturated rings. The Bertz CT molecular complexity index is 582. The molecular weight excluding hydrogens is 278 g/mol. The largest absolute Gasteiger partial charge is 0.398 e. The van der Waals surface area contributed by atoms with Crippen LogP contribution in [0.1, 0.15) is 24.8 Å². The van der Waals surface area contributed by atoms with Crippen molar-refractivity contribution in [1.82, 2.24) is 10.0 Å². The fourth-order valence-corrected chi connectivity index (χ4v) is 2.96. The van der Waals surface area contributed by atoms with E-state index in [0.29, 0.717) is 17.3 Å². The number of anilines is 1. The highest BCUT2D eigenvalue weighted by atomic mass is 32.2. The van der Waals surface area contributed by atoms with E-state index < -0.39 is 10.0 Å². The predicted octanol–water partition coefficient (Wildman–Crippen LogP) is 0.357. The molecule has 0 aliphatic heterocycles. The Balaban J connectivity index is 1.78. The molecule has 0 radical (unpaired) electrons. The van der Waals surface area contributed by atoms with E-state index in [2.05, 4.69) is 10.0 Å². The van der Waals surface area contributed by atoms with Crippen LogP contribution >= 0.6 is 0 Å². The second-order valence-corrected chi connectivity index (χ2v) is 6.75. The van der Waals surface area contributed by atoms with Crippen molar-refractivity contribution in [2.24, 2.45) is 0 Å². The van der Waals surface area contributed by atoms with Crippen molar-refractivity contribution in [2.45, 2.75) is 31.1 Å². The normalized spacial score (nSPS) is 15.0. The molecule has 4 N–H and O–H groups in total. The zero-order valence-electron chi connectivity index (χ0n) is 11.1. The number of amides is 1. The lowest BCUT2D eigenvalue weighted by Gasteiger charge is -2.08. The average Bonchev–Trinajstić information content (AvgIpc) is 3.15. The number of nitrogens with one attached hydrogen (secondary N) is 2. The van der Waals surface area contributed by atoms with Gasteiger partial charge in [0.2, 0.25) is 15.9 Å². The number of hydrogen-bond donors (Lipinski definition) is 3. The Kier molecular flexibility index (Phi) is 4.61. The Hall–Kier alpha value is -1.60. The van der Waals surface area contributed by atoms with Gasteiger partial charge in [-0.25, -0.2) is 13.1 Å². The van der Waals surface area contributed by atoms with Crippen molar-refractivity contribution in [1.29, 1.82) is 0 Å². The third kappa shape index (κ3) is 4.82. The molecule has 110 valence electrons. The highest BCUT2D eigenvalue weighted by molar-refractivity contribution is 7.88. The first-order chi connectivity index (χ1) is 9.46. The minimum atomic E-state index is -3.48. The first-order valence-electron chi connectivity index (χ1n) is 6.56. The molecule has 7 heteroatoms. The number of nitrogen functional groups attached to an aromatic ring is 1. The van der Waals surface area contributed by atoms with Gasteiger partial charge in [-0.3, -0.25) is 4.79 Å². The van der Waals surface area contributed by atoms with E-state index in [4.69, 9.17) is 5.73 Å². The lowest BCUT2D eigenvalue weighted by Crippen LogP contribution is -2.32. The topological polar surface area (TPSA) is 101 Å². The molecule has 6 nitrogen and oxygen atoms in total. The molecule has 0 aromatic heterocycles. The summed E-state index contributed by atoms with van der Waals surface area (Å²) in [6, 6.07) is 7.12. The molecule has 1 aromatic carbocycles. The van der Waals surface area contributed by atoms with Gasteiger partial charge in [0.05, 0.1) is 5.75 Å². The lowest BCUT2D eigenvalue weighted by molar-refractivity contribution is -0.121. The summed E-state index contributed by atoms with van der Waals surface area (Å²) in [5.74, 6) is -0.293. The van der Waals surface area contributed by atoms with E-state index in [9.17, 15) is 13.2 Å². The zero-order chi connectivity index (χ0) is 14.6. The fraction of sp³-hybridized carbons (Fsp3) is 0.462. The van der Waals surface area contributed by atoms with Crippen LogP contribution in [0.25, 0.3) is 0 Å². The number of rotatable bonds is 7. The van der Waals surface area contributed by atoms with Crippen molar-refractivity contribution < 1.29 is 13.2 Å².